The Morgan fingerprint density at radius 3 is 1.80 bits per heavy atom. The van der Waals surface area contributed by atoms with E-state index < -0.39 is 8.32 Å². The Bertz CT molecular complexity index is 1010. The molecule has 0 spiro atoms. The van der Waals surface area contributed by atoms with Gasteiger partial charge in [0.25, 0.3) is 8.32 Å². The van der Waals surface area contributed by atoms with Gasteiger partial charge in [-0.2, -0.15) is 0 Å². The van der Waals surface area contributed by atoms with Crippen molar-refractivity contribution in [3.8, 4) is 0 Å². The van der Waals surface area contributed by atoms with Crippen LogP contribution in [0.5, 0.6) is 0 Å². The molecular formula is C30H39BrN2OSi. The molecule has 5 heteroatoms. The molecule has 1 heterocycles. The number of rotatable bonds is 8. The summed E-state index contributed by atoms with van der Waals surface area (Å²) in [4.78, 5) is 5.17. The second-order valence-corrected chi connectivity index (χ2v) is 15.8. The highest BCUT2D eigenvalue weighted by Crippen LogP contribution is 2.36. The summed E-state index contributed by atoms with van der Waals surface area (Å²) in [5.41, 5.74) is 1.39. The molecule has 3 nitrogen and oxygen atoms in total. The average molecular weight is 552 g/mol. The molecule has 4 rings (SSSR count). The quantitative estimate of drug-likeness (QED) is 0.334. The van der Waals surface area contributed by atoms with Crippen LogP contribution in [-0.2, 0) is 4.43 Å². The second kappa shape index (κ2) is 11.5. The van der Waals surface area contributed by atoms with Crippen LogP contribution in [-0.4, -0.2) is 57.4 Å². The Kier molecular flexibility index (Phi) is 8.66. The Morgan fingerprint density at radius 2 is 1.31 bits per heavy atom. The van der Waals surface area contributed by atoms with Gasteiger partial charge in [0, 0.05) is 49.8 Å². The van der Waals surface area contributed by atoms with E-state index in [2.05, 4.69) is 138 Å². The van der Waals surface area contributed by atoms with Crippen LogP contribution in [0.15, 0.2) is 89.4 Å². The van der Waals surface area contributed by atoms with Crippen LogP contribution in [0.25, 0.3) is 0 Å². The van der Waals surface area contributed by atoms with Gasteiger partial charge in [-0.1, -0.05) is 109 Å². The largest absolute Gasteiger partial charge is 0.406 e. The van der Waals surface area contributed by atoms with Gasteiger partial charge in [0.1, 0.15) is 0 Å². The molecule has 0 radical (unpaired) electrons. The molecule has 0 saturated carbocycles. The van der Waals surface area contributed by atoms with Gasteiger partial charge in [-0.25, -0.2) is 0 Å². The van der Waals surface area contributed by atoms with Gasteiger partial charge in [0.2, 0.25) is 0 Å². The fraction of sp³-hybridized carbons (Fsp3) is 0.400. The fourth-order valence-corrected chi connectivity index (χ4v) is 10.2. The van der Waals surface area contributed by atoms with E-state index in [4.69, 9.17) is 4.43 Å². The Labute approximate surface area is 221 Å². The smallest absolute Gasteiger partial charge is 0.261 e. The zero-order chi connectivity index (χ0) is 24.9. The maximum absolute atomic E-state index is 7.10. The van der Waals surface area contributed by atoms with Gasteiger partial charge in [0.15, 0.2) is 0 Å². The maximum atomic E-state index is 7.10. The lowest BCUT2D eigenvalue weighted by molar-refractivity contribution is 0.0906. The summed E-state index contributed by atoms with van der Waals surface area (Å²) < 4.78 is 8.24. The number of nitrogens with zero attached hydrogens (tertiary/aromatic N) is 2. The van der Waals surface area contributed by atoms with E-state index in [1.807, 2.05) is 0 Å². The minimum absolute atomic E-state index is 0.0223. The maximum Gasteiger partial charge on any atom is 0.261 e. The minimum atomic E-state index is -2.45. The van der Waals surface area contributed by atoms with E-state index in [9.17, 15) is 0 Å². The second-order valence-electron chi connectivity index (χ2n) is 10.6. The van der Waals surface area contributed by atoms with Crippen LogP contribution >= 0.6 is 15.9 Å². The molecule has 1 aliphatic heterocycles. The van der Waals surface area contributed by atoms with Gasteiger partial charge in [-0.3, -0.25) is 9.80 Å². The summed E-state index contributed by atoms with van der Waals surface area (Å²) in [5, 5.41) is 2.73. The van der Waals surface area contributed by atoms with Gasteiger partial charge in [-0.05, 0) is 40.0 Å². The standard InChI is InChI=1S/C30H39BrN2OSi/c1-25(26-15-17-27(31)18-16-26)33-21-19-32(20-22-33)23-24-34-35(30(2,3)4,28-11-7-5-8-12-28)29-13-9-6-10-14-29/h5-18,25H,19-24H2,1-4H3. The van der Waals surface area contributed by atoms with E-state index >= 15 is 0 Å². The molecule has 35 heavy (non-hydrogen) atoms. The molecule has 1 saturated heterocycles. The van der Waals surface area contributed by atoms with Crippen molar-refractivity contribution in [2.45, 2.75) is 38.8 Å². The van der Waals surface area contributed by atoms with Gasteiger partial charge in [0.05, 0.1) is 0 Å². The summed E-state index contributed by atoms with van der Waals surface area (Å²) in [6.45, 7) is 15.5. The summed E-state index contributed by atoms with van der Waals surface area (Å²) in [6, 6.07) is 31.1. The van der Waals surface area contributed by atoms with Crippen LogP contribution < -0.4 is 10.4 Å². The molecule has 3 aromatic carbocycles. The molecular weight excluding hydrogens is 512 g/mol. The average Bonchev–Trinajstić information content (AvgIpc) is 2.87. The molecule has 1 atom stereocenters. The summed E-state index contributed by atoms with van der Waals surface area (Å²) in [5.74, 6) is 0. The van der Waals surface area contributed by atoms with Crippen LogP contribution in [0.2, 0.25) is 5.04 Å². The van der Waals surface area contributed by atoms with Crippen molar-refractivity contribution in [1.82, 2.24) is 9.80 Å². The topological polar surface area (TPSA) is 15.7 Å². The zero-order valence-corrected chi connectivity index (χ0v) is 24.2. The molecule has 0 aliphatic carbocycles. The number of halogens is 1. The van der Waals surface area contributed by atoms with Gasteiger partial charge >= 0.3 is 0 Å². The normalized spacial score (nSPS) is 16.8. The molecule has 0 N–H and O–H groups in total. The number of hydrogen-bond acceptors (Lipinski definition) is 3. The summed E-state index contributed by atoms with van der Waals surface area (Å²) >= 11 is 3.55. The molecule has 1 unspecified atom stereocenters. The highest BCUT2D eigenvalue weighted by molar-refractivity contribution is 9.10. The van der Waals surface area contributed by atoms with E-state index in [0.29, 0.717) is 6.04 Å². The Balaban J connectivity index is 1.42. The van der Waals surface area contributed by atoms with Crippen molar-refractivity contribution in [3.05, 3.63) is 95.0 Å². The third kappa shape index (κ3) is 5.97. The number of piperazine rings is 1. The lowest BCUT2D eigenvalue weighted by Gasteiger charge is -2.44. The van der Waals surface area contributed by atoms with Crippen LogP contribution in [0.4, 0.5) is 0 Å². The van der Waals surface area contributed by atoms with E-state index in [1.54, 1.807) is 0 Å². The molecule has 0 amide bonds. The molecule has 3 aromatic rings. The third-order valence-electron chi connectivity index (χ3n) is 7.45. The first-order valence-electron chi connectivity index (χ1n) is 12.8. The highest BCUT2D eigenvalue weighted by Gasteiger charge is 2.50. The Morgan fingerprint density at radius 1 is 0.800 bits per heavy atom. The SMILES string of the molecule is CC(c1ccc(Br)cc1)N1CCN(CCO[Si](c2ccccc2)(c2ccccc2)C(C)(C)C)CC1. The first kappa shape index (κ1) is 26.3. The summed E-state index contributed by atoms with van der Waals surface area (Å²) in [6.07, 6.45) is 0. The van der Waals surface area contributed by atoms with Crippen LogP contribution in [0.1, 0.15) is 39.3 Å². The Hall–Kier alpha value is -1.76. The van der Waals surface area contributed by atoms with Gasteiger partial charge < -0.3 is 4.43 Å². The predicted molar refractivity (Wildman–Crippen MR) is 154 cm³/mol. The fourth-order valence-electron chi connectivity index (χ4n) is 5.42. The van der Waals surface area contributed by atoms with E-state index in [1.165, 1.54) is 15.9 Å². The number of hydrogen-bond donors (Lipinski definition) is 0. The lowest BCUT2D eigenvalue weighted by atomic mass is 10.1. The van der Waals surface area contributed by atoms with Crippen molar-refractivity contribution < 1.29 is 4.43 Å². The van der Waals surface area contributed by atoms with E-state index in [-0.39, 0.29) is 5.04 Å². The molecule has 1 aliphatic rings. The van der Waals surface area contributed by atoms with Gasteiger partial charge in [-0.15, -0.1) is 0 Å². The monoisotopic (exact) mass is 550 g/mol. The molecule has 0 bridgehead atoms. The first-order valence-corrected chi connectivity index (χ1v) is 15.5. The zero-order valence-electron chi connectivity index (χ0n) is 21.6. The van der Waals surface area contributed by atoms with Crippen molar-refractivity contribution in [2.75, 3.05) is 39.3 Å². The van der Waals surface area contributed by atoms with Crippen molar-refractivity contribution >= 4 is 34.6 Å². The van der Waals surface area contributed by atoms with E-state index in [0.717, 1.165) is 43.8 Å². The molecule has 0 aromatic heterocycles. The molecule has 186 valence electrons. The summed E-state index contributed by atoms with van der Waals surface area (Å²) in [7, 11) is -2.45. The van der Waals surface area contributed by atoms with Crippen LogP contribution in [0.3, 0.4) is 0 Å². The predicted octanol–water partition coefficient (Wildman–Crippen LogP) is 5.70. The van der Waals surface area contributed by atoms with Crippen molar-refractivity contribution in [1.29, 1.82) is 0 Å². The van der Waals surface area contributed by atoms with Crippen molar-refractivity contribution in [2.24, 2.45) is 0 Å². The first-order chi connectivity index (χ1) is 16.8. The third-order valence-corrected chi connectivity index (χ3v) is 13.0. The molecule has 1 fully saturated rings. The minimum Gasteiger partial charge on any atom is -0.406 e. The number of benzene rings is 3. The van der Waals surface area contributed by atoms with Crippen molar-refractivity contribution in [3.63, 3.8) is 0 Å². The highest BCUT2D eigenvalue weighted by atomic mass is 79.9. The lowest BCUT2D eigenvalue weighted by Crippen LogP contribution is -2.67. The van der Waals surface area contributed by atoms with Crippen LogP contribution in [0, 0.1) is 0 Å².